The Hall–Kier alpha value is -3.04. The van der Waals surface area contributed by atoms with Crippen LogP contribution in [-0.4, -0.2) is 29.7 Å². The van der Waals surface area contributed by atoms with E-state index >= 15 is 0 Å². The number of aromatic nitrogens is 1. The van der Waals surface area contributed by atoms with Gasteiger partial charge in [0.05, 0.1) is 16.8 Å². The van der Waals surface area contributed by atoms with E-state index in [9.17, 15) is 10.1 Å². The van der Waals surface area contributed by atoms with Crippen molar-refractivity contribution in [1.29, 1.82) is 5.26 Å². The van der Waals surface area contributed by atoms with Gasteiger partial charge in [0, 0.05) is 10.9 Å². The zero-order valence-electron chi connectivity index (χ0n) is 14.7. The summed E-state index contributed by atoms with van der Waals surface area (Å²) in [5.74, 6) is 1.39. The summed E-state index contributed by atoms with van der Waals surface area (Å²) in [5.41, 5.74) is 2.96. The highest BCUT2D eigenvalue weighted by Crippen LogP contribution is 2.32. The molecule has 4 rings (SSSR count). The normalized spacial score (nSPS) is 12.6. The predicted molar refractivity (Wildman–Crippen MR) is 104 cm³/mol. The fraction of sp³-hybridized carbons (Fsp3) is 0.190. The number of ether oxygens (including phenoxy) is 2. The first kappa shape index (κ1) is 17.4. The van der Waals surface area contributed by atoms with Crippen LogP contribution in [0.3, 0.4) is 0 Å². The molecular formula is C21H16N2O3S. The Morgan fingerprint density at radius 2 is 1.96 bits per heavy atom. The van der Waals surface area contributed by atoms with Gasteiger partial charge in [0.2, 0.25) is 0 Å². The summed E-state index contributed by atoms with van der Waals surface area (Å²) in [7, 11) is 0. The molecule has 0 saturated carbocycles. The molecule has 0 unspecified atom stereocenters. The molecule has 0 amide bonds. The molecule has 134 valence electrons. The number of hydrogen-bond donors (Lipinski definition) is 0. The maximum atomic E-state index is 12.6. The molecule has 0 radical (unpaired) electrons. The lowest BCUT2D eigenvalue weighted by molar-refractivity contribution is 0.102. The topological polar surface area (TPSA) is 72.2 Å². The summed E-state index contributed by atoms with van der Waals surface area (Å²) in [6.45, 7) is 2.99. The van der Waals surface area contributed by atoms with Gasteiger partial charge in [-0.25, -0.2) is 4.98 Å². The number of ketones is 1. The van der Waals surface area contributed by atoms with Gasteiger partial charge in [-0.15, -0.1) is 0 Å². The van der Waals surface area contributed by atoms with Gasteiger partial charge in [-0.3, -0.25) is 4.79 Å². The smallest absolute Gasteiger partial charge is 0.173 e. The van der Waals surface area contributed by atoms with Crippen molar-refractivity contribution in [2.45, 2.75) is 11.9 Å². The number of fused-ring (bicyclic) bond motifs is 2. The average molecular weight is 376 g/mol. The number of carbonyl (C=O) groups excluding carboxylic acids is 1. The lowest BCUT2D eigenvalue weighted by Gasteiger charge is -2.18. The largest absolute Gasteiger partial charge is 0.486 e. The van der Waals surface area contributed by atoms with Crippen LogP contribution in [0.15, 0.2) is 47.5 Å². The van der Waals surface area contributed by atoms with E-state index in [0.717, 1.165) is 16.5 Å². The molecule has 0 N–H and O–H groups in total. The fourth-order valence-electron chi connectivity index (χ4n) is 2.90. The number of carbonyl (C=O) groups is 1. The molecule has 1 aromatic heterocycles. The molecular weight excluding hydrogens is 360 g/mol. The molecule has 1 aliphatic heterocycles. The van der Waals surface area contributed by atoms with Crippen molar-refractivity contribution in [3.8, 4) is 17.6 Å². The number of rotatable bonds is 4. The van der Waals surface area contributed by atoms with Crippen molar-refractivity contribution in [2.24, 2.45) is 0 Å². The number of hydrogen-bond acceptors (Lipinski definition) is 6. The molecule has 0 bridgehead atoms. The zero-order chi connectivity index (χ0) is 18.8. The summed E-state index contributed by atoms with van der Waals surface area (Å²) in [5, 5.41) is 10.9. The third kappa shape index (κ3) is 3.60. The molecule has 27 heavy (non-hydrogen) atoms. The van der Waals surface area contributed by atoms with Gasteiger partial charge in [-0.1, -0.05) is 23.4 Å². The zero-order valence-corrected chi connectivity index (χ0v) is 15.5. The van der Waals surface area contributed by atoms with Crippen LogP contribution in [-0.2, 0) is 0 Å². The first-order chi connectivity index (χ1) is 13.1. The van der Waals surface area contributed by atoms with Crippen molar-refractivity contribution >= 4 is 28.4 Å². The minimum atomic E-state index is -0.0494. The summed E-state index contributed by atoms with van der Waals surface area (Å²) < 4.78 is 11.0. The number of nitrogens with zero attached hydrogens (tertiary/aromatic N) is 2. The number of nitriles is 1. The summed E-state index contributed by atoms with van der Waals surface area (Å²) in [6.07, 6.45) is 0. The minimum absolute atomic E-state index is 0.0494. The standard InChI is InChI=1S/C21H16N2O3S/c1-13-2-4-17-15(8-13)9-16(11-22)21(23-17)27-12-18(24)14-3-5-19-20(10-14)26-7-6-25-19/h2-5,8-10H,6-7,12H2,1H3. The third-order valence-electron chi connectivity index (χ3n) is 4.26. The van der Waals surface area contributed by atoms with Gasteiger partial charge in [-0.2, -0.15) is 5.26 Å². The van der Waals surface area contributed by atoms with E-state index in [1.54, 1.807) is 18.2 Å². The summed E-state index contributed by atoms with van der Waals surface area (Å²) >= 11 is 1.28. The molecule has 0 saturated heterocycles. The van der Waals surface area contributed by atoms with Crippen LogP contribution < -0.4 is 9.47 Å². The fourth-order valence-corrected chi connectivity index (χ4v) is 3.76. The molecule has 2 aromatic carbocycles. The Balaban J connectivity index is 1.55. The van der Waals surface area contributed by atoms with E-state index < -0.39 is 0 Å². The van der Waals surface area contributed by atoms with E-state index in [1.807, 2.05) is 31.2 Å². The Bertz CT molecular complexity index is 1090. The lowest BCUT2D eigenvalue weighted by Crippen LogP contribution is -2.16. The monoisotopic (exact) mass is 376 g/mol. The average Bonchev–Trinajstić information content (AvgIpc) is 2.70. The molecule has 0 fully saturated rings. The van der Waals surface area contributed by atoms with E-state index in [2.05, 4.69) is 11.1 Å². The van der Waals surface area contributed by atoms with Crippen molar-refractivity contribution in [3.05, 3.63) is 59.2 Å². The number of Topliss-reactive ketones (excluding diaryl/α,β-unsaturated/α-hetero) is 1. The predicted octanol–water partition coefficient (Wildman–Crippen LogP) is 4.16. The maximum Gasteiger partial charge on any atom is 0.173 e. The highest BCUT2D eigenvalue weighted by Gasteiger charge is 2.16. The molecule has 2 heterocycles. The van der Waals surface area contributed by atoms with Gasteiger partial charge in [-0.05, 0) is 43.3 Å². The second-order valence-corrected chi connectivity index (χ2v) is 7.18. The van der Waals surface area contributed by atoms with Crippen molar-refractivity contribution in [1.82, 2.24) is 4.98 Å². The minimum Gasteiger partial charge on any atom is -0.486 e. The molecule has 0 aliphatic carbocycles. The van der Waals surface area contributed by atoms with Crippen LogP contribution in [0.5, 0.6) is 11.5 Å². The van der Waals surface area contributed by atoms with Crippen LogP contribution in [0.1, 0.15) is 21.5 Å². The number of aryl methyl sites for hydroxylation is 1. The van der Waals surface area contributed by atoms with E-state index in [1.165, 1.54) is 11.8 Å². The number of benzene rings is 2. The lowest BCUT2D eigenvalue weighted by atomic mass is 10.1. The molecule has 0 spiro atoms. The second-order valence-electron chi connectivity index (χ2n) is 6.22. The highest BCUT2D eigenvalue weighted by atomic mass is 32.2. The maximum absolute atomic E-state index is 12.6. The van der Waals surface area contributed by atoms with Gasteiger partial charge < -0.3 is 9.47 Å². The SMILES string of the molecule is Cc1ccc2nc(SCC(=O)c3ccc4c(c3)OCCO4)c(C#N)cc2c1. The Morgan fingerprint density at radius 1 is 1.15 bits per heavy atom. The molecule has 6 heteroatoms. The van der Waals surface area contributed by atoms with Crippen LogP contribution in [0, 0.1) is 18.3 Å². The first-order valence-electron chi connectivity index (χ1n) is 8.51. The van der Waals surface area contributed by atoms with Crippen LogP contribution in [0.4, 0.5) is 0 Å². The quantitative estimate of drug-likeness (QED) is 0.503. The van der Waals surface area contributed by atoms with E-state index in [4.69, 9.17) is 9.47 Å². The van der Waals surface area contributed by atoms with Crippen molar-refractivity contribution in [2.75, 3.05) is 19.0 Å². The third-order valence-corrected chi connectivity index (χ3v) is 5.25. The second kappa shape index (κ2) is 7.29. The molecule has 1 aliphatic rings. The Labute approximate surface area is 160 Å². The number of thioether (sulfide) groups is 1. The van der Waals surface area contributed by atoms with Crippen molar-refractivity contribution in [3.63, 3.8) is 0 Å². The first-order valence-corrected chi connectivity index (χ1v) is 9.50. The summed E-state index contributed by atoms with van der Waals surface area (Å²) in [6, 6.07) is 15.1. The van der Waals surface area contributed by atoms with Gasteiger partial charge in [0.1, 0.15) is 24.3 Å². The molecule has 5 nitrogen and oxygen atoms in total. The molecule has 3 aromatic rings. The molecule has 0 atom stereocenters. The Morgan fingerprint density at radius 3 is 2.78 bits per heavy atom. The van der Waals surface area contributed by atoms with Gasteiger partial charge in [0.25, 0.3) is 0 Å². The van der Waals surface area contributed by atoms with Crippen LogP contribution in [0.2, 0.25) is 0 Å². The highest BCUT2D eigenvalue weighted by molar-refractivity contribution is 8.00. The van der Waals surface area contributed by atoms with Crippen LogP contribution >= 0.6 is 11.8 Å². The van der Waals surface area contributed by atoms with E-state index in [0.29, 0.717) is 40.9 Å². The van der Waals surface area contributed by atoms with E-state index in [-0.39, 0.29) is 11.5 Å². The van der Waals surface area contributed by atoms with Crippen molar-refractivity contribution < 1.29 is 14.3 Å². The van der Waals surface area contributed by atoms with Gasteiger partial charge in [0.15, 0.2) is 17.3 Å². The summed E-state index contributed by atoms with van der Waals surface area (Å²) in [4.78, 5) is 17.2. The Kier molecular flexibility index (Phi) is 4.69. The van der Waals surface area contributed by atoms with Crippen LogP contribution in [0.25, 0.3) is 10.9 Å². The van der Waals surface area contributed by atoms with Gasteiger partial charge >= 0.3 is 0 Å². The number of pyridine rings is 1.